The Labute approximate surface area is 178 Å². The van der Waals surface area contributed by atoms with E-state index in [1.165, 1.54) is 0 Å². The predicted molar refractivity (Wildman–Crippen MR) is 118 cm³/mol. The van der Waals surface area contributed by atoms with Crippen LogP contribution in [-0.4, -0.2) is 56.7 Å². The number of carbonyl (C=O) groups is 2. The molecule has 1 amide bonds. The Morgan fingerprint density at radius 2 is 1.59 bits per heavy atom. The van der Waals surface area contributed by atoms with Crippen LogP contribution in [0, 0.1) is 5.41 Å². The van der Waals surface area contributed by atoms with Crippen molar-refractivity contribution in [2.24, 2.45) is 5.41 Å². The standard InChI is InChI=1S/C22H43NO5Si/c1-11-26-18(24)22(16-17(2)28-29(9,10)21(6,7)8)12-14-23(15-13-22)19(25)27-20(3,4)5/h17H,11-16H2,1-10H3/t17-/m0/s1. The van der Waals surface area contributed by atoms with Gasteiger partial charge in [0.25, 0.3) is 0 Å². The highest BCUT2D eigenvalue weighted by molar-refractivity contribution is 6.74. The molecule has 170 valence electrons. The van der Waals surface area contributed by atoms with Gasteiger partial charge in [0.05, 0.1) is 12.0 Å². The summed E-state index contributed by atoms with van der Waals surface area (Å²) in [7, 11) is -1.93. The number of nitrogens with zero attached hydrogens (tertiary/aromatic N) is 1. The zero-order valence-corrected chi connectivity index (χ0v) is 21.3. The molecule has 6 nitrogen and oxygen atoms in total. The van der Waals surface area contributed by atoms with Crippen molar-refractivity contribution in [3.8, 4) is 0 Å². The van der Waals surface area contributed by atoms with Gasteiger partial charge in [0.1, 0.15) is 5.60 Å². The Morgan fingerprint density at radius 1 is 1.07 bits per heavy atom. The number of amides is 1. The first-order chi connectivity index (χ1) is 13.0. The highest BCUT2D eigenvalue weighted by atomic mass is 28.4. The molecule has 1 saturated heterocycles. The largest absolute Gasteiger partial charge is 0.466 e. The van der Waals surface area contributed by atoms with Crippen LogP contribution in [-0.2, 0) is 18.7 Å². The molecule has 1 aliphatic heterocycles. The molecule has 1 rings (SSSR count). The van der Waals surface area contributed by atoms with E-state index in [4.69, 9.17) is 13.9 Å². The van der Waals surface area contributed by atoms with Crippen LogP contribution in [0.2, 0.25) is 18.1 Å². The van der Waals surface area contributed by atoms with Crippen LogP contribution in [0.4, 0.5) is 4.79 Å². The van der Waals surface area contributed by atoms with E-state index < -0.39 is 19.3 Å². The maximum Gasteiger partial charge on any atom is 0.410 e. The first kappa shape index (κ1) is 26.0. The number of hydrogen-bond donors (Lipinski definition) is 0. The highest BCUT2D eigenvalue weighted by Crippen LogP contribution is 2.42. The van der Waals surface area contributed by atoms with Crippen LogP contribution < -0.4 is 0 Å². The van der Waals surface area contributed by atoms with Crippen LogP contribution >= 0.6 is 0 Å². The second-order valence-corrected chi connectivity index (χ2v) is 15.6. The van der Waals surface area contributed by atoms with Gasteiger partial charge in [-0.1, -0.05) is 20.8 Å². The van der Waals surface area contributed by atoms with Crippen molar-refractivity contribution in [3.63, 3.8) is 0 Å². The quantitative estimate of drug-likeness (QED) is 0.420. The second-order valence-electron chi connectivity index (χ2n) is 10.9. The topological polar surface area (TPSA) is 65.1 Å². The molecule has 1 aliphatic rings. The van der Waals surface area contributed by atoms with Crippen molar-refractivity contribution in [2.45, 2.75) is 104 Å². The molecule has 0 bridgehead atoms. The Balaban J connectivity index is 2.89. The molecule has 0 unspecified atom stereocenters. The molecule has 7 heteroatoms. The number of likely N-dealkylation sites (tertiary alicyclic amines) is 1. The molecule has 0 aromatic rings. The van der Waals surface area contributed by atoms with Gasteiger partial charge in [0.2, 0.25) is 0 Å². The molecule has 0 aromatic carbocycles. The van der Waals surface area contributed by atoms with Crippen molar-refractivity contribution >= 4 is 20.4 Å². The van der Waals surface area contributed by atoms with Crippen LogP contribution in [0.5, 0.6) is 0 Å². The number of hydrogen-bond acceptors (Lipinski definition) is 5. The van der Waals surface area contributed by atoms with Crippen LogP contribution in [0.15, 0.2) is 0 Å². The fraction of sp³-hybridized carbons (Fsp3) is 0.909. The van der Waals surface area contributed by atoms with E-state index in [1.54, 1.807) is 4.90 Å². The average molecular weight is 430 g/mol. The molecule has 0 radical (unpaired) electrons. The lowest BCUT2D eigenvalue weighted by atomic mass is 9.74. The van der Waals surface area contributed by atoms with E-state index in [2.05, 4.69) is 40.8 Å². The molecule has 0 aliphatic carbocycles. The minimum absolute atomic E-state index is 0.0478. The van der Waals surface area contributed by atoms with Gasteiger partial charge in [0, 0.05) is 19.2 Å². The third kappa shape index (κ3) is 7.28. The Bertz CT molecular complexity index is 569. The fourth-order valence-electron chi connectivity index (χ4n) is 3.49. The maximum atomic E-state index is 12.9. The Hall–Kier alpha value is -1.08. The summed E-state index contributed by atoms with van der Waals surface area (Å²) in [5.41, 5.74) is -1.14. The van der Waals surface area contributed by atoms with Gasteiger partial charge in [-0.05, 0) is 72.0 Å². The molecule has 29 heavy (non-hydrogen) atoms. The van der Waals surface area contributed by atoms with Gasteiger partial charge in [-0.15, -0.1) is 0 Å². The van der Waals surface area contributed by atoms with Gasteiger partial charge in [0.15, 0.2) is 8.32 Å². The lowest BCUT2D eigenvalue weighted by Crippen LogP contribution is -2.51. The zero-order valence-electron chi connectivity index (χ0n) is 20.3. The van der Waals surface area contributed by atoms with E-state index >= 15 is 0 Å². The summed E-state index contributed by atoms with van der Waals surface area (Å²) in [4.78, 5) is 27.0. The van der Waals surface area contributed by atoms with Gasteiger partial charge >= 0.3 is 12.1 Å². The minimum Gasteiger partial charge on any atom is -0.466 e. The molecule has 1 fully saturated rings. The fourth-order valence-corrected chi connectivity index (χ4v) is 4.93. The zero-order chi connectivity index (χ0) is 22.7. The SMILES string of the molecule is CCOC(=O)C1(C[C@H](C)O[Si](C)(C)C(C)(C)C)CCN(C(=O)OC(C)(C)C)CC1. The summed E-state index contributed by atoms with van der Waals surface area (Å²) in [5, 5.41) is 0.110. The van der Waals surface area contributed by atoms with Crippen molar-refractivity contribution < 1.29 is 23.5 Å². The molecule has 1 atom stereocenters. The van der Waals surface area contributed by atoms with E-state index in [9.17, 15) is 9.59 Å². The summed E-state index contributed by atoms with van der Waals surface area (Å²) < 4.78 is 17.5. The van der Waals surface area contributed by atoms with Crippen LogP contribution in [0.3, 0.4) is 0 Å². The molecular formula is C22H43NO5Si. The van der Waals surface area contributed by atoms with Gasteiger partial charge in [-0.2, -0.15) is 0 Å². The second kappa shape index (κ2) is 9.37. The number of esters is 1. The Kier molecular flexibility index (Phi) is 8.39. The number of carbonyl (C=O) groups excluding carboxylic acids is 2. The van der Waals surface area contributed by atoms with E-state index in [0.717, 1.165) is 0 Å². The summed E-state index contributed by atoms with van der Waals surface area (Å²) >= 11 is 0. The summed E-state index contributed by atoms with van der Waals surface area (Å²) in [6.07, 6.45) is 1.38. The van der Waals surface area contributed by atoms with Crippen molar-refractivity contribution in [3.05, 3.63) is 0 Å². The highest BCUT2D eigenvalue weighted by Gasteiger charge is 2.47. The number of ether oxygens (including phenoxy) is 2. The molecule has 0 saturated carbocycles. The van der Waals surface area contributed by atoms with Gasteiger partial charge < -0.3 is 18.8 Å². The summed E-state index contributed by atoms with van der Waals surface area (Å²) in [6, 6.07) is 0. The summed E-state index contributed by atoms with van der Waals surface area (Å²) in [5.74, 6) is -0.172. The maximum absolute atomic E-state index is 12.9. The molecule has 1 heterocycles. The minimum atomic E-state index is -1.93. The number of piperidine rings is 1. The molecule has 0 N–H and O–H groups in total. The lowest BCUT2D eigenvalue weighted by Gasteiger charge is -2.43. The first-order valence-electron chi connectivity index (χ1n) is 10.9. The van der Waals surface area contributed by atoms with Crippen LogP contribution in [0.25, 0.3) is 0 Å². The normalized spacial score (nSPS) is 18.9. The van der Waals surface area contributed by atoms with E-state index in [1.807, 2.05) is 27.7 Å². The van der Waals surface area contributed by atoms with Crippen LogP contribution in [0.1, 0.15) is 74.7 Å². The Morgan fingerprint density at radius 3 is 2.00 bits per heavy atom. The first-order valence-corrected chi connectivity index (χ1v) is 13.8. The van der Waals surface area contributed by atoms with Crippen molar-refractivity contribution in [1.29, 1.82) is 0 Å². The monoisotopic (exact) mass is 429 g/mol. The third-order valence-electron chi connectivity index (χ3n) is 6.06. The third-order valence-corrected chi connectivity index (χ3v) is 10.7. The molecular weight excluding hydrogens is 386 g/mol. The van der Waals surface area contributed by atoms with E-state index in [-0.39, 0.29) is 23.2 Å². The lowest BCUT2D eigenvalue weighted by molar-refractivity contribution is -0.160. The smallest absolute Gasteiger partial charge is 0.410 e. The predicted octanol–water partition coefficient (Wildman–Crippen LogP) is 5.37. The van der Waals surface area contributed by atoms with E-state index in [0.29, 0.717) is 39.0 Å². The van der Waals surface area contributed by atoms with Crippen molar-refractivity contribution in [1.82, 2.24) is 4.90 Å². The van der Waals surface area contributed by atoms with Gasteiger partial charge in [-0.3, -0.25) is 4.79 Å². The molecule has 0 spiro atoms. The molecule has 0 aromatic heterocycles. The average Bonchev–Trinajstić information content (AvgIpc) is 2.52. The van der Waals surface area contributed by atoms with Gasteiger partial charge in [-0.25, -0.2) is 4.79 Å². The number of rotatable bonds is 6. The van der Waals surface area contributed by atoms with Crippen molar-refractivity contribution in [2.75, 3.05) is 19.7 Å². The summed E-state index contributed by atoms with van der Waals surface area (Å²) in [6.45, 7) is 21.9.